The third-order valence-corrected chi connectivity index (χ3v) is 5.23. The van der Waals surface area contributed by atoms with Gasteiger partial charge in [-0.3, -0.25) is 9.48 Å². The van der Waals surface area contributed by atoms with E-state index in [4.69, 9.17) is 9.73 Å². The number of ether oxygens (including phenoxy) is 1. The number of aliphatic imine (C=N–C) groups is 1. The Morgan fingerprint density at radius 1 is 1.29 bits per heavy atom. The van der Waals surface area contributed by atoms with E-state index in [2.05, 4.69) is 15.4 Å². The molecule has 2 aliphatic rings. The molecule has 4 rings (SSSR count). The predicted octanol–water partition coefficient (Wildman–Crippen LogP) is 2.04. The summed E-state index contributed by atoms with van der Waals surface area (Å²) in [7, 11) is 1.85. The highest BCUT2D eigenvalue weighted by Crippen LogP contribution is 2.29. The van der Waals surface area contributed by atoms with Crippen molar-refractivity contribution in [3.63, 3.8) is 0 Å². The summed E-state index contributed by atoms with van der Waals surface area (Å²) in [6.45, 7) is 5.61. The summed E-state index contributed by atoms with van der Waals surface area (Å²) in [5.41, 5.74) is 1.84. The number of aromatic nitrogens is 3. The Morgan fingerprint density at radius 2 is 2.13 bits per heavy atom. The minimum Gasteiger partial charge on any atom is -0.477 e. The highest BCUT2D eigenvalue weighted by atomic mass is 127. The normalized spacial score (nSPS) is 16.8. The second kappa shape index (κ2) is 10.8. The number of halogens is 1. The van der Waals surface area contributed by atoms with Crippen molar-refractivity contribution in [2.45, 2.75) is 26.3 Å². The van der Waals surface area contributed by atoms with E-state index in [1.165, 1.54) is 12.8 Å². The summed E-state index contributed by atoms with van der Waals surface area (Å²) >= 11 is 0. The van der Waals surface area contributed by atoms with Gasteiger partial charge in [0.25, 0.3) is 0 Å². The fraction of sp³-hybridized carbons (Fsp3) is 0.524. The van der Waals surface area contributed by atoms with E-state index < -0.39 is 0 Å². The van der Waals surface area contributed by atoms with Crippen LogP contribution in [0.25, 0.3) is 0 Å². The molecule has 0 radical (unpaired) electrons. The maximum Gasteiger partial charge on any atom is 0.246 e. The van der Waals surface area contributed by atoms with Crippen molar-refractivity contribution in [1.82, 2.24) is 25.0 Å². The number of rotatable bonds is 7. The van der Waals surface area contributed by atoms with Gasteiger partial charge in [-0.1, -0.05) is 6.07 Å². The number of hydrogen-bond acceptors (Lipinski definition) is 5. The molecule has 0 spiro atoms. The average molecular weight is 539 g/mol. The van der Waals surface area contributed by atoms with Gasteiger partial charge in [0, 0.05) is 45.1 Å². The minimum atomic E-state index is 0. The minimum absolute atomic E-state index is 0. The van der Waals surface area contributed by atoms with Crippen molar-refractivity contribution < 1.29 is 9.53 Å². The summed E-state index contributed by atoms with van der Waals surface area (Å²) in [5.74, 6) is 2.16. The highest BCUT2D eigenvalue weighted by Gasteiger charge is 2.27. The lowest BCUT2D eigenvalue weighted by atomic mass is 10.3. The molecule has 2 fully saturated rings. The van der Waals surface area contributed by atoms with Gasteiger partial charge in [0.05, 0.1) is 25.0 Å². The van der Waals surface area contributed by atoms with Crippen LogP contribution in [0.4, 0.5) is 5.69 Å². The van der Waals surface area contributed by atoms with Gasteiger partial charge in [-0.25, -0.2) is 9.98 Å². The van der Waals surface area contributed by atoms with Crippen molar-refractivity contribution in [2.75, 3.05) is 37.7 Å². The van der Waals surface area contributed by atoms with Gasteiger partial charge in [0.2, 0.25) is 11.8 Å². The number of nitrogens with zero attached hydrogens (tertiary/aromatic N) is 6. The fourth-order valence-corrected chi connectivity index (χ4v) is 3.34. The zero-order valence-corrected chi connectivity index (χ0v) is 20.4. The monoisotopic (exact) mass is 539 g/mol. The molecule has 10 heteroatoms. The molecular formula is C21H30IN7O2. The smallest absolute Gasteiger partial charge is 0.246 e. The second-order valence-electron chi connectivity index (χ2n) is 7.77. The summed E-state index contributed by atoms with van der Waals surface area (Å²) in [6, 6.07) is 3.89. The first-order valence-corrected chi connectivity index (χ1v) is 10.5. The van der Waals surface area contributed by atoms with Crippen LogP contribution in [0.15, 0.2) is 35.7 Å². The first-order valence-electron chi connectivity index (χ1n) is 10.5. The van der Waals surface area contributed by atoms with E-state index in [0.717, 1.165) is 30.4 Å². The average Bonchev–Trinajstić information content (AvgIpc) is 3.49. The van der Waals surface area contributed by atoms with Gasteiger partial charge in [0.1, 0.15) is 6.54 Å². The number of aryl methyl sites for hydroxylation is 1. The lowest BCUT2D eigenvalue weighted by Gasteiger charge is -2.35. The Morgan fingerprint density at radius 3 is 2.74 bits per heavy atom. The zero-order valence-electron chi connectivity index (χ0n) is 18.0. The standard InChI is InChI=1S/C21H29N7O2.HI/c1-3-22-21(24-11-17-6-7-19(23-10-17)30-15-16-4-5-16)27-8-9-28(20(29)14-27)18-12-25-26(2)13-18;/h6-7,10,12-13,16H,3-5,8-9,11,14-15H2,1-2H3,(H,22,24);1H. The lowest BCUT2D eigenvalue weighted by molar-refractivity contribution is -0.120. The van der Waals surface area contributed by atoms with Gasteiger partial charge in [-0.05, 0) is 31.2 Å². The summed E-state index contributed by atoms with van der Waals surface area (Å²) in [4.78, 5) is 25.6. The van der Waals surface area contributed by atoms with Crippen molar-refractivity contribution in [1.29, 1.82) is 0 Å². The maximum atomic E-state index is 12.7. The Kier molecular flexibility index (Phi) is 8.10. The Hall–Kier alpha value is -2.37. The van der Waals surface area contributed by atoms with E-state index in [-0.39, 0.29) is 36.4 Å². The van der Waals surface area contributed by atoms with E-state index >= 15 is 0 Å². The molecule has 1 amide bonds. The number of hydrogen-bond donors (Lipinski definition) is 1. The molecule has 1 saturated heterocycles. The van der Waals surface area contributed by atoms with Gasteiger partial charge < -0.3 is 19.9 Å². The van der Waals surface area contributed by atoms with E-state index in [1.54, 1.807) is 22.0 Å². The highest BCUT2D eigenvalue weighted by molar-refractivity contribution is 14.0. The molecule has 2 aromatic heterocycles. The third kappa shape index (κ3) is 6.31. The Balaban J connectivity index is 0.00000272. The Bertz CT molecular complexity index is 895. The molecule has 0 unspecified atom stereocenters. The number of anilines is 1. The molecule has 9 nitrogen and oxygen atoms in total. The van der Waals surface area contributed by atoms with Gasteiger partial charge in [-0.2, -0.15) is 5.10 Å². The number of guanidine groups is 1. The maximum absolute atomic E-state index is 12.7. The van der Waals surface area contributed by atoms with Crippen LogP contribution in [0.5, 0.6) is 5.88 Å². The molecule has 0 atom stereocenters. The molecule has 1 aliphatic carbocycles. The first-order chi connectivity index (χ1) is 14.6. The van der Waals surface area contributed by atoms with E-state index in [1.807, 2.05) is 37.2 Å². The van der Waals surface area contributed by atoms with Crippen LogP contribution in [0.2, 0.25) is 0 Å². The lowest BCUT2D eigenvalue weighted by Crippen LogP contribution is -2.55. The van der Waals surface area contributed by atoms with Gasteiger partial charge in [0.15, 0.2) is 5.96 Å². The number of carbonyl (C=O) groups is 1. The number of carbonyl (C=O) groups excluding carboxylic acids is 1. The largest absolute Gasteiger partial charge is 0.477 e. The van der Waals surface area contributed by atoms with E-state index in [0.29, 0.717) is 31.4 Å². The van der Waals surface area contributed by atoms with Crippen LogP contribution in [0, 0.1) is 5.92 Å². The van der Waals surface area contributed by atoms with Crippen LogP contribution in [0.1, 0.15) is 25.3 Å². The van der Waals surface area contributed by atoms with Gasteiger partial charge in [-0.15, -0.1) is 24.0 Å². The van der Waals surface area contributed by atoms with Gasteiger partial charge >= 0.3 is 0 Å². The Labute approximate surface area is 199 Å². The molecule has 2 aromatic rings. The number of pyridine rings is 1. The van der Waals surface area contributed by atoms with Crippen molar-refractivity contribution in [3.05, 3.63) is 36.3 Å². The molecule has 1 saturated carbocycles. The predicted molar refractivity (Wildman–Crippen MR) is 130 cm³/mol. The molecule has 0 aromatic carbocycles. The number of piperazine rings is 1. The first kappa shape index (κ1) is 23.3. The number of amides is 1. The molecule has 3 heterocycles. The summed E-state index contributed by atoms with van der Waals surface area (Å²) < 4.78 is 7.39. The van der Waals surface area contributed by atoms with E-state index in [9.17, 15) is 4.79 Å². The number of nitrogens with one attached hydrogen (secondary N) is 1. The third-order valence-electron chi connectivity index (χ3n) is 5.23. The van der Waals surface area contributed by atoms with Crippen molar-refractivity contribution >= 4 is 41.5 Å². The molecular weight excluding hydrogens is 509 g/mol. The van der Waals surface area contributed by atoms with Crippen LogP contribution in [0.3, 0.4) is 0 Å². The summed E-state index contributed by atoms with van der Waals surface area (Å²) in [6.07, 6.45) is 7.91. The molecule has 1 aliphatic heterocycles. The zero-order chi connectivity index (χ0) is 20.9. The van der Waals surface area contributed by atoms with Crippen LogP contribution in [-0.2, 0) is 18.4 Å². The van der Waals surface area contributed by atoms with Crippen molar-refractivity contribution in [3.8, 4) is 5.88 Å². The molecule has 31 heavy (non-hydrogen) atoms. The summed E-state index contributed by atoms with van der Waals surface area (Å²) in [5, 5.41) is 7.46. The SMILES string of the molecule is CCNC(=NCc1ccc(OCC2CC2)nc1)N1CCN(c2cnn(C)c2)C(=O)C1.I. The molecule has 168 valence electrons. The van der Waals surface area contributed by atoms with Crippen LogP contribution >= 0.6 is 24.0 Å². The van der Waals surface area contributed by atoms with Crippen LogP contribution < -0.4 is 15.0 Å². The quantitative estimate of drug-likeness (QED) is 0.329. The van der Waals surface area contributed by atoms with Crippen LogP contribution in [-0.4, -0.2) is 64.3 Å². The molecule has 0 bridgehead atoms. The molecule has 1 N–H and O–H groups in total. The topological polar surface area (TPSA) is 87.9 Å². The second-order valence-corrected chi connectivity index (χ2v) is 7.77. The van der Waals surface area contributed by atoms with Crippen molar-refractivity contribution in [2.24, 2.45) is 18.0 Å². The fourth-order valence-electron chi connectivity index (χ4n) is 3.34.